The van der Waals surface area contributed by atoms with Crippen LogP contribution in [0.5, 0.6) is 0 Å². The molecule has 6 heteroatoms. The average molecular weight is 234 g/mol. The van der Waals surface area contributed by atoms with E-state index in [0.717, 1.165) is 25.9 Å². The number of nitrogens with two attached hydrogens (primary N) is 2. The Morgan fingerprint density at radius 2 is 1.12 bits per heavy atom. The molecule has 0 spiro atoms. The van der Waals surface area contributed by atoms with E-state index in [1.807, 2.05) is 0 Å². The SMILES string of the molecule is CCCN.CCCN.O=C(O)C=CC(=O)O. The van der Waals surface area contributed by atoms with Gasteiger partial charge in [0.2, 0.25) is 0 Å². The lowest BCUT2D eigenvalue weighted by Gasteiger charge is -1.74. The van der Waals surface area contributed by atoms with Crippen LogP contribution < -0.4 is 11.5 Å². The molecule has 0 aliphatic heterocycles. The molecule has 0 aliphatic rings. The maximum absolute atomic E-state index is 9.55. The topological polar surface area (TPSA) is 127 Å². The fourth-order valence-corrected chi connectivity index (χ4v) is 0.143. The van der Waals surface area contributed by atoms with Gasteiger partial charge >= 0.3 is 11.9 Å². The molecule has 0 saturated heterocycles. The Hall–Kier alpha value is -1.40. The third-order valence-electron chi connectivity index (χ3n) is 0.946. The van der Waals surface area contributed by atoms with Crippen LogP contribution in [0.4, 0.5) is 0 Å². The lowest BCUT2D eigenvalue weighted by molar-refractivity contribution is -0.134. The fraction of sp³-hybridized carbons (Fsp3) is 0.600. The predicted molar refractivity (Wildman–Crippen MR) is 63.1 cm³/mol. The molecule has 0 aromatic heterocycles. The predicted octanol–water partition coefficient (Wildman–Crippen LogP) is 0.422. The molecular weight excluding hydrogens is 212 g/mol. The molecule has 6 N–H and O–H groups in total. The van der Waals surface area contributed by atoms with Crippen molar-refractivity contribution in [2.75, 3.05) is 13.1 Å². The Balaban J connectivity index is -0.000000179. The van der Waals surface area contributed by atoms with E-state index in [9.17, 15) is 9.59 Å². The monoisotopic (exact) mass is 234 g/mol. The zero-order chi connectivity index (χ0) is 13.4. The minimum Gasteiger partial charge on any atom is -0.478 e. The number of hydrogen-bond acceptors (Lipinski definition) is 4. The van der Waals surface area contributed by atoms with E-state index >= 15 is 0 Å². The Morgan fingerprint density at radius 1 is 0.938 bits per heavy atom. The van der Waals surface area contributed by atoms with Gasteiger partial charge in [-0.25, -0.2) is 9.59 Å². The molecule has 0 rings (SSSR count). The van der Waals surface area contributed by atoms with E-state index in [4.69, 9.17) is 21.7 Å². The van der Waals surface area contributed by atoms with Crippen LogP contribution >= 0.6 is 0 Å². The van der Waals surface area contributed by atoms with Gasteiger partial charge < -0.3 is 21.7 Å². The molecule has 0 atom stereocenters. The molecule has 0 aromatic carbocycles. The quantitative estimate of drug-likeness (QED) is 0.522. The Kier molecular flexibility index (Phi) is 24.1. The van der Waals surface area contributed by atoms with Crippen LogP contribution in [-0.4, -0.2) is 35.2 Å². The van der Waals surface area contributed by atoms with Gasteiger partial charge in [0.25, 0.3) is 0 Å². The van der Waals surface area contributed by atoms with E-state index in [1.54, 1.807) is 0 Å². The molecule has 0 fully saturated rings. The summed E-state index contributed by atoms with van der Waals surface area (Å²) in [4.78, 5) is 19.1. The van der Waals surface area contributed by atoms with Crippen molar-refractivity contribution in [3.8, 4) is 0 Å². The lowest BCUT2D eigenvalue weighted by Crippen LogP contribution is -1.93. The Labute approximate surface area is 95.9 Å². The van der Waals surface area contributed by atoms with Crippen molar-refractivity contribution >= 4 is 11.9 Å². The normalized spacial score (nSPS) is 8.50. The molecule has 0 amide bonds. The highest BCUT2D eigenvalue weighted by Gasteiger charge is 1.88. The Bertz CT molecular complexity index is 169. The Morgan fingerprint density at radius 3 is 1.19 bits per heavy atom. The number of carboxylic acids is 2. The maximum Gasteiger partial charge on any atom is 0.328 e. The van der Waals surface area contributed by atoms with Gasteiger partial charge in [-0.05, 0) is 25.9 Å². The van der Waals surface area contributed by atoms with E-state index < -0.39 is 11.9 Å². The first-order valence-electron chi connectivity index (χ1n) is 5.00. The van der Waals surface area contributed by atoms with Gasteiger partial charge in [-0.1, -0.05) is 13.8 Å². The zero-order valence-electron chi connectivity index (χ0n) is 9.85. The van der Waals surface area contributed by atoms with Crippen molar-refractivity contribution < 1.29 is 19.8 Å². The van der Waals surface area contributed by atoms with Crippen LogP contribution in [0, 0.1) is 0 Å². The van der Waals surface area contributed by atoms with Gasteiger partial charge in [-0.3, -0.25) is 0 Å². The van der Waals surface area contributed by atoms with Crippen LogP contribution in [0.15, 0.2) is 12.2 Å². The fourth-order valence-electron chi connectivity index (χ4n) is 0.143. The van der Waals surface area contributed by atoms with Gasteiger partial charge in [-0.2, -0.15) is 0 Å². The van der Waals surface area contributed by atoms with Gasteiger partial charge in [0.15, 0.2) is 0 Å². The van der Waals surface area contributed by atoms with Crippen LogP contribution in [-0.2, 0) is 9.59 Å². The second kappa shape index (κ2) is 19.2. The molecular formula is C10H22N2O4. The lowest BCUT2D eigenvalue weighted by atomic mass is 10.5. The van der Waals surface area contributed by atoms with Gasteiger partial charge in [0, 0.05) is 12.2 Å². The molecule has 0 unspecified atom stereocenters. The van der Waals surface area contributed by atoms with Crippen molar-refractivity contribution in [3.05, 3.63) is 12.2 Å². The van der Waals surface area contributed by atoms with E-state index in [1.165, 1.54) is 0 Å². The summed E-state index contributed by atoms with van der Waals surface area (Å²) in [5.74, 6) is -2.51. The summed E-state index contributed by atoms with van der Waals surface area (Å²) in [5, 5.41) is 15.6. The first kappa shape index (κ1) is 20.1. The largest absolute Gasteiger partial charge is 0.478 e. The van der Waals surface area contributed by atoms with Crippen molar-refractivity contribution in [2.24, 2.45) is 11.5 Å². The third kappa shape index (κ3) is 54.1. The second-order valence-electron chi connectivity index (χ2n) is 2.59. The van der Waals surface area contributed by atoms with Gasteiger partial charge in [-0.15, -0.1) is 0 Å². The summed E-state index contributed by atoms with van der Waals surface area (Å²) in [7, 11) is 0. The summed E-state index contributed by atoms with van der Waals surface area (Å²) >= 11 is 0. The molecule has 0 aliphatic carbocycles. The first-order chi connectivity index (χ1) is 7.45. The van der Waals surface area contributed by atoms with Crippen molar-refractivity contribution in [1.29, 1.82) is 0 Å². The summed E-state index contributed by atoms with van der Waals surface area (Å²) in [5.41, 5.74) is 10.1. The summed E-state index contributed by atoms with van der Waals surface area (Å²) < 4.78 is 0. The number of hydrogen-bond donors (Lipinski definition) is 4. The molecule has 0 aromatic rings. The number of aliphatic carboxylic acids is 2. The minimum absolute atomic E-state index is 0.558. The zero-order valence-corrected chi connectivity index (χ0v) is 9.85. The van der Waals surface area contributed by atoms with E-state index in [2.05, 4.69) is 13.8 Å². The maximum atomic E-state index is 9.55. The molecule has 6 nitrogen and oxygen atoms in total. The standard InChI is InChI=1S/C4H4O4.2C3H9N/c5-3(6)1-2-4(7)8;2*1-2-3-4/h1-2H,(H,5,6)(H,7,8);2*2-4H2,1H3. The molecule has 0 saturated carbocycles. The molecule has 0 bridgehead atoms. The highest BCUT2D eigenvalue weighted by molar-refractivity contribution is 5.89. The summed E-state index contributed by atoms with van der Waals surface area (Å²) in [6, 6.07) is 0. The van der Waals surface area contributed by atoms with E-state index in [-0.39, 0.29) is 0 Å². The van der Waals surface area contributed by atoms with Crippen molar-refractivity contribution in [1.82, 2.24) is 0 Å². The summed E-state index contributed by atoms with van der Waals surface area (Å²) in [6.07, 6.45) is 3.31. The number of carboxylic acid groups (broad SMARTS) is 2. The second-order valence-corrected chi connectivity index (χ2v) is 2.59. The van der Waals surface area contributed by atoms with Crippen LogP contribution in [0.25, 0.3) is 0 Å². The molecule has 0 heterocycles. The van der Waals surface area contributed by atoms with Crippen LogP contribution in [0.1, 0.15) is 26.7 Å². The van der Waals surface area contributed by atoms with Crippen molar-refractivity contribution in [3.63, 3.8) is 0 Å². The van der Waals surface area contributed by atoms with E-state index in [0.29, 0.717) is 12.2 Å². The first-order valence-corrected chi connectivity index (χ1v) is 5.00. The highest BCUT2D eigenvalue weighted by Crippen LogP contribution is 1.70. The van der Waals surface area contributed by atoms with Crippen LogP contribution in [0.3, 0.4) is 0 Å². The number of carbonyl (C=O) groups is 2. The minimum atomic E-state index is -1.26. The van der Waals surface area contributed by atoms with Crippen molar-refractivity contribution in [2.45, 2.75) is 26.7 Å². The smallest absolute Gasteiger partial charge is 0.328 e. The van der Waals surface area contributed by atoms with Gasteiger partial charge in [0.1, 0.15) is 0 Å². The third-order valence-corrected chi connectivity index (χ3v) is 0.946. The molecule has 0 radical (unpaired) electrons. The average Bonchev–Trinajstić information content (AvgIpc) is 2.27. The number of rotatable bonds is 4. The highest BCUT2D eigenvalue weighted by atomic mass is 16.4. The molecule has 16 heavy (non-hydrogen) atoms. The van der Waals surface area contributed by atoms with Crippen LogP contribution in [0.2, 0.25) is 0 Å². The van der Waals surface area contributed by atoms with Gasteiger partial charge in [0.05, 0.1) is 0 Å². The summed E-state index contributed by atoms with van der Waals surface area (Å²) in [6.45, 7) is 5.75. The molecule has 96 valence electrons.